The number of rotatable bonds is 6. The Morgan fingerprint density at radius 1 is 1.14 bits per heavy atom. The molecular weight excluding hydrogens is 472 g/mol. The lowest BCUT2D eigenvalue weighted by Gasteiger charge is -2.44. The van der Waals surface area contributed by atoms with Gasteiger partial charge in [-0.3, -0.25) is 24.3 Å². The summed E-state index contributed by atoms with van der Waals surface area (Å²) in [7, 11) is 1.55. The Labute approximate surface area is 218 Å². The van der Waals surface area contributed by atoms with E-state index >= 15 is 0 Å². The molecule has 1 aromatic carbocycles. The van der Waals surface area contributed by atoms with Crippen LogP contribution in [0.3, 0.4) is 0 Å². The molecule has 3 amide bonds. The van der Waals surface area contributed by atoms with E-state index in [4.69, 9.17) is 9.47 Å². The van der Waals surface area contributed by atoms with Gasteiger partial charge in [-0.05, 0) is 41.3 Å². The fraction of sp³-hybridized carbons (Fsp3) is 0.500. The lowest BCUT2D eigenvalue weighted by molar-refractivity contribution is -0.145. The number of carbonyl (C=O) groups is 3. The molecule has 3 heterocycles. The van der Waals surface area contributed by atoms with Crippen LogP contribution in [0.15, 0.2) is 48.8 Å². The van der Waals surface area contributed by atoms with Gasteiger partial charge >= 0.3 is 0 Å². The number of likely N-dealkylation sites (tertiary alicyclic amines) is 1. The Morgan fingerprint density at radius 3 is 2.49 bits per heavy atom. The van der Waals surface area contributed by atoms with Gasteiger partial charge in [-0.15, -0.1) is 0 Å². The third-order valence-corrected chi connectivity index (χ3v) is 6.89. The molecule has 0 radical (unpaired) electrons. The van der Waals surface area contributed by atoms with Gasteiger partial charge in [-0.2, -0.15) is 0 Å². The number of aromatic nitrogens is 1. The number of pyridine rings is 1. The Hall–Kier alpha value is -3.46. The maximum atomic E-state index is 13.9. The van der Waals surface area contributed by atoms with Crippen molar-refractivity contribution in [2.75, 3.05) is 26.8 Å². The second-order valence-electron chi connectivity index (χ2n) is 10.9. The summed E-state index contributed by atoms with van der Waals surface area (Å²) in [6.07, 6.45) is 4.66. The standard InChI is InChI=1S/C28H36N4O5/c1-27(2,3)17-24(33)31-14-10-28(11-15-31)32(26(35)21-6-5-7-22(16-21)36-4)23(19-37-28)25(34)30-18-20-8-12-29-13-9-20/h5-9,12-13,16,23H,10-11,14-15,17-19H2,1-4H3,(H,30,34). The molecule has 9 nitrogen and oxygen atoms in total. The highest BCUT2D eigenvalue weighted by Gasteiger charge is 2.54. The number of ether oxygens (including phenoxy) is 2. The monoisotopic (exact) mass is 508 g/mol. The summed E-state index contributed by atoms with van der Waals surface area (Å²) in [6, 6.07) is 9.77. The van der Waals surface area contributed by atoms with Crippen LogP contribution in [-0.4, -0.2) is 71.1 Å². The topological polar surface area (TPSA) is 101 Å². The summed E-state index contributed by atoms with van der Waals surface area (Å²) in [5.41, 5.74) is 0.260. The lowest BCUT2D eigenvalue weighted by Crippen LogP contribution is -2.59. The van der Waals surface area contributed by atoms with Crippen molar-refractivity contribution in [3.63, 3.8) is 0 Å². The zero-order valence-corrected chi connectivity index (χ0v) is 22.0. The SMILES string of the molecule is COc1cccc(C(=O)N2C(C(=O)NCc3ccncc3)COC23CCN(C(=O)CC(C)(C)C)CC3)c1. The average molecular weight is 509 g/mol. The van der Waals surface area contributed by atoms with Gasteiger partial charge in [-0.25, -0.2) is 0 Å². The van der Waals surface area contributed by atoms with Crippen LogP contribution < -0.4 is 10.1 Å². The largest absolute Gasteiger partial charge is 0.497 e. The van der Waals surface area contributed by atoms with Crippen molar-refractivity contribution < 1.29 is 23.9 Å². The average Bonchev–Trinajstić information content (AvgIpc) is 3.25. The van der Waals surface area contributed by atoms with Crippen molar-refractivity contribution in [3.8, 4) is 5.75 Å². The summed E-state index contributed by atoms with van der Waals surface area (Å²) in [5.74, 6) is 0.0741. The van der Waals surface area contributed by atoms with E-state index in [9.17, 15) is 14.4 Å². The molecule has 198 valence electrons. The van der Waals surface area contributed by atoms with Crippen molar-refractivity contribution in [2.45, 2.75) is 58.3 Å². The highest BCUT2D eigenvalue weighted by Crippen LogP contribution is 2.39. The number of nitrogens with zero attached hydrogens (tertiary/aromatic N) is 3. The van der Waals surface area contributed by atoms with E-state index < -0.39 is 11.8 Å². The fourth-order valence-electron chi connectivity index (χ4n) is 4.94. The summed E-state index contributed by atoms with van der Waals surface area (Å²) < 4.78 is 11.6. The number of hydrogen-bond acceptors (Lipinski definition) is 6. The molecule has 0 bridgehead atoms. The van der Waals surface area contributed by atoms with Gasteiger partial charge in [0.25, 0.3) is 5.91 Å². The number of methoxy groups -OCH3 is 1. The van der Waals surface area contributed by atoms with Gasteiger partial charge in [-0.1, -0.05) is 26.8 Å². The third kappa shape index (κ3) is 6.10. The van der Waals surface area contributed by atoms with E-state index in [1.54, 1.807) is 48.7 Å². The highest BCUT2D eigenvalue weighted by molar-refractivity contribution is 5.98. The van der Waals surface area contributed by atoms with Gasteiger partial charge in [0.1, 0.15) is 17.5 Å². The number of piperidine rings is 1. The molecule has 2 fully saturated rings. The molecule has 9 heteroatoms. The Bertz CT molecular complexity index is 1120. The van der Waals surface area contributed by atoms with Crippen molar-refractivity contribution in [1.29, 1.82) is 0 Å². The summed E-state index contributed by atoms with van der Waals surface area (Å²) in [5, 5.41) is 2.94. The molecule has 1 N–H and O–H groups in total. The molecule has 0 saturated carbocycles. The smallest absolute Gasteiger partial charge is 0.257 e. The molecule has 37 heavy (non-hydrogen) atoms. The summed E-state index contributed by atoms with van der Waals surface area (Å²) in [6.45, 7) is 7.46. The first kappa shape index (κ1) is 26.6. The zero-order chi connectivity index (χ0) is 26.6. The molecule has 1 aromatic heterocycles. The molecule has 2 aliphatic heterocycles. The van der Waals surface area contributed by atoms with Gasteiger partial charge in [0.15, 0.2) is 0 Å². The van der Waals surface area contributed by atoms with E-state index in [1.165, 1.54) is 0 Å². The molecule has 1 spiro atoms. The molecule has 2 aliphatic rings. The van der Waals surface area contributed by atoms with Gasteiger partial charge in [0.2, 0.25) is 11.8 Å². The van der Waals surface area contributed by atoms with Gasteiger partial charge < -0.3 is 19.7 Å². The third-order valence-electron chi connectivity index (χ3n) is 6.89. The van der Waals surface area contributed by atoms with Crippen LogP contribution in [0.1, 0.15) is 56.0 Å². The first-order valence-corrected chi connectivity index (χ1v) is 12.7. The Kier molecular flexibility index (Phi) is 7.82. The molecule has 4 rings (SSSR count). The van der Waals surface area contributed by atoms with Crippen LogP contribution in [0.25, 0.3) is 0 Å². The first-order valence-electron chi connectivity index (χ1n) is 12.7. The van der Waals surface area contributed by atoms with E-state index in [0.29, 0.717) is 50.2 Å². The molecule has 2 saturated heterocycles. The minimum absolute atomic E-state index is 0.0911. The lowest BCUT2D eigenvalue weighted by atomic mass is 9.90. The van der Waals surface area contributed by atoms with Crippen LogP contribution in [0.5, 0.6) is 5.75 Å². The van der Waals surface area contributed by atoms with Gasteiger partial charge in [0, 0.05) is 56.9 Å². The first-order chi connectivity index (χ1) is 17.6. The van der Waals surface area contributed by atoms with Crippen LogP contribution in [-0.2, 0) is 20.9 Å². The maximum absolute atomic E-state index is 13.9. The predicted molar refractivity (Wildman–Crippen MR) is 138 cm³/mol. The van der Waals surface area contributed by atoms with Crippen LogP contribution in [0.4, 0.5) is 0 Å². The van der Waals surface area contributed by atoms with Gasteiger partial charge in [0.05, 0.1) is 13.7 Å². The van der Waals surface area contributed by atoms with E-state index in [-0.39, 0.29) is 29.7 Å². The molecule has 1 atom stereocenters. The van der Waals surface area contributed by atoms with Crippen molar-refractivity contribution in [2.24, 2.45) is 5.41 Å². The number of carbonyl (C=O) groups excluding carboxylic acids is 3. The maximum Gasteiger partial charge on any atom is 0.257 e. The number of benzene rings is 1. The second kappa shape index (κ2) is 10.9. The molecule has 0 aliphatic carbocycles. The number of nitrogens with one attached hydrogen (secondary N) is 1. The Balaban J connectivity index is 1.56. The minimum Gasteiger partial charge on any atom is -0.497 e. The predicted octanol–water partition coefficient (Wildman–Crippen LogP) is 3.00. The fourth-order valence-corrected chi connectivity index (χ4v) is 4.94. The Morgan fingerprint density at radius 2 is 1.84 bits per heavy atom. The zero-order valence-electron chi connectivity index (χ0n) is 22.0. The van der Waals surface area contributed by atoms with Crippen LogP contribution >= 0.6 is 0 Å². The molecule has 1 unspecified atom stereocenters. The number of amides is 3. The normalized spacial score (nSPS) is 19.1. The van der Waals surface area contributed by atoms with Crippen LogP contribution in [0, 0.1) is 5.41 Å². The van der Waals surface area contributed by atoms with Crippen molar-refractivity contribution in [3.05, 3.63) is 59.9 Å². The summed E-state index contributed by atoms with van der Waals surface area (Å²) in [4.78, 5) is 47.5. The van der Waals surface area contributed by atoms with E-state index in [1.807, 2.05) is 37.8 Å². The minimum atomic E-state index is -0.961. The molecular formula is C28H36N4O5. The quantitative estimate of drug-likeness (QED) is 0.644. The van der Waals surface area contributed by atoms with E-state index in [2.05, 4.69) is 10.3 Å². The summed E-state index contributed by atoms with van der Waals surface area (Å²) >= 11 is 0. The number of hydrogen-bond donors (Lipinski definition) is 1. The van der Waals surface area contributed by atoms with Crippen molar-refractivity contribution in [1.82, 2.24) is 20.1 Å². The van der Waals surface area contributed by atoms with Crippen LogP contribution in [0.2, 0.25) is 0 Å². The highest BCUT2D eigenvalue weighted by atomic mass is 16.5. The second-order valence-corrected chi connectivity index (χ2v) is 10.9. The van der Waals surface area contributed by atoms with E-state index in [0.717, 1.165) is 5.56 Å². The van der Waals surface area contributed by atoms with Crippen molar-refractivity contribution >= 4 is 17.7 Å². The molecule has 2 aromatic rings.